The molecule has 4 aliphatic rings. The molecule has 1 spiro atoms. The maximum atomic E-state index is 12.4. The standard InChI is InChI=1S/C12H11BrO4/c1-11-4-7-8-5(10(15)16-7)2-3-6(13)9(14)12(8,11)17-11/h3,5,7-8H,2,4H2,1H3/t5-,7+,8+,11-,12-/m1/s1. The number of esters is 1. The highest BCUT2D eigenvalue weighted by molar-refractivity contribution is 9.12. The SMILES string of the molecule is C[C@@]12C[C@@H]3OC(=O)[C@@H]4CC=C(Br)C(=O)[C@]1(O2)[C@H]34. The molecule has 0 bridgehead atoms. The summed E-state index contributed by atoms with van der Waals surface area (Å²) in [5.41, 5.74) is -1.24. The summed E-state index contributed by atoms with van der Waals surface area (Å²) in [5, 5.41) is 0. The number of hydrogen-bond donors (Lipinski definition) is 0. The fraction of sp³-hybridized carbons (Fsp3) is 0.667. The van der Waals surface area contributed by atoms with Gasteiger partial charge in [-0.3, -0.25) is 9.59 Å². The average molecular weight is 299 g/mol. The lowest BCUT2D eigenvalue weighted by atomic mass is 9.79. The lowest BCUT2D eigenvalue weighted by Crippen LogP contribution is -2.38. The number of carbonyl (C=O) groups excluding carboxylic acids is 2. The van der Waals surface area contributed by atoms with Crippen molar-refractivity contribution in [3.63, 3.8) is 0 Å². The lowest BCUT2D eigenvalue weighted by Gasteiger charge is -2.18. The van der Waals surface area contributed by atoms with E-state index in [-0.39, 0.29) is 29.7 Å². The van der Waals surface area contributed by atoms with E-state index < -0.39 is 11.2 Å². The van der Waals surface area contributed by atoms with Gasteiger partial charge >= 0.3 is 5.97 Å². The minimum Gasteiger partial charge on any atom is -0.462 e. The molecule has 0 aromatic carbocycles. The van der Waals surface area contributed by atoms with E-state index in [0.29, 0.717) is 17.3 Å². The number of Topliss-reactive ketones (excluding diaryl/α,β-unsaturated/α-hetero) is 1. The number of epoxide rings is 1. The van der Waals surface area contributed by atoms with Crippen LogP contribution >= 0.6 is 15.9 Å². The average Bonchev–Trinajstić information content (AvgIpc) is 2.67. The van der Waals surface area contributed by atoms with Crippen LogP contribution < -0.4 is 0 Å². The summed E-state index contributed by atoms with van der Waals surface area (Å²) in [6, 6.07) is 0. The third-order valence-corrected chi connectivity index (χ3v) is 5.38. The van der Waals surface area contributed by atoms with Crippen LogP contribution in [0.4, 0.5) is 0 Å². The van der Waals surface area contributed by atoms with Gasteiger partial charge in [-0.25, -0.2) is 0 Å². The zero-order valence-corrected chi connectivity index (χ0v) is 10.8. The predicted octanol–water partition coefficient (Wildman–Crippen LogP) is 1.33. The van der Waals surface area contributed by atoms with Crippen LogP contribution in [-0.2, 0) is 19.1 Å². The first kappa shape index (κ1) is 10.3. The highest BCUT2D eigenvalue weighted by Gasteiger charge is 2.85. The number of halogens is 1. The predicted molar refractivity (Wildman–Crippen MR) is 60.3 cm³/mol. The zero-order valence-electron chi connectivity index (χ0n) is 9.23. The Labute approximate surface area is 106 Å². The second kappa shape index (κ2) is 2.67. The fourth-order valence-corrected chi connectivity index (χ4v) is 4.42. The number of rotatable bonds is 0. The smallest absolute Gasteiger partial charge is 0.310 e. The second-order valence-electron chi connectivity index (χ2n) is 5.50. The van der Waals surface area contributed by atoms with Gasteiger partial charge in [-0.15, -0.1) is 0 Å². The van der Waals surface area contributed by atoms with Crippen molar-refractivity contribution in [2.75, 3.05) is 0 Å². The molecular weight excluding hydrogens is 288 g/mol. The van der Waals surface area contributed by atoms with Crippen LogP contribution in [0.1, 0.15) is 19.8 Å². The molecule has 0 aromatic rings. The molecule has 5 heteroatoms. The molecule has 2 heterocycles. The third kappa shape index (κ3) is 0.921. The summed E-state index contributed by atoms with van der Waals surface area (Å²) < 4.78 is 11.7. The van der Waals surface area contributed by atoms with Gasteiger partial charge in [-0.05, 0) is 29.3 Å². The quantitative estimate of drug-likeness (QED) is 0.500. The van der Waals surface area contributed by atoms with E-state index in [1.165, 1.54) is 0 Å². The monoisotopic (exact) mass is 298 g/mol. The van der Waals surface area contributed by atoms with Gasteiger partial charge in [0.05, 0.1) is 10.4 Å². The van der Waals surface area contributed by atoms with Gasteiger partial charge in [-0.2, -0.15) is 0 Å². The summed E-state index contributed by atoms with van der Waals surface area (Å²) in [6.07, 6.45) is 2.85. The van der Waals surface area contributed by atoms with Crippen molar-refractivity contribution < 1.29 is 19.1 Å². The molecule has 2 aliphatic heterocycles. The first-order chi connectivity index (χ1) is 7.99. The normalized spacial score (nSPS) is 54.7. The Balaban J connectivity index is 1.91. The van der Waals surface area contributed by atoms with E-state index in [0.717, 1.165) is 0 Å². The topological polar surface area (TPSA) is 55.9 Å². The van der Waals surface area contributed by atoms with Gasteiger partial charge in [0, 0.05) is 12.3 Å². The zero-order chi connectivity index (χ0) is 12.0. The van der Waals surface area contributed by atoms with Gasteiger partial charge in [0.15, 0.2) is 5.60 Å². The molecule has 90 valence electrons. The second-order valence-corrected chi connectivity index (χ2v) is 6.35. The largest absolute Gasteiger partial charge is 0.462 e. The van der Waals surface area contributed by atoms with Crippen LogP contribution in [-0.4, -0.2) is 29.1 Å². The Morgan fingerprint density at radius 3 is 3.00 bits per heavy atom. The third-order valence-electron chi connectivity index (χ3n) is 4.70. The Morgan fingerprint density at radius 1 is 1.47 bits per heavy atom. The lowest BCUT2D eigenvalue weighted by molar-refractivity contribution is -0.144. The fourth-order valence-electron chi connectivity index (χ4n) is 3.94. The van der Waals surface area contributed by atoms with Crippen molar-refractivity contribution in [3.8, 4) is 0 Å². The molecule has 0 aromatic heterocycles. The van der Waals surface area contributed by atoms with Crippen molar-refractivity contribution in [2.24, 2.45) is 11.8 Å². The van der Waals surface area contributed by atoms with Crippen molar-refractivity contribution >= 4 is 27.7 Å². The van der Waals surface area contributed by atoms with Gasteiger partial charge < -0.3 is 9.47 Å². The van der Waals surface area contributed by atoms with E-state index in [4.69, 9.17) is 9.47 Å². The summed E-state index contributed by atoms with van der Waals surface area (Å²) in [6.45, 7) is 1.94. The number of hydrogen-bond acceptors (Lipinski definition) is 4. The maximum absolute atomic E-state index is 12.4. The molecule has 0 N–H and O–H groups in total. The van der Waals surface area contributed by atoms with Crippen LogP contribution in [0.5, 0.6) is 0 Å². The Kier molecular flexibility index (Phi) is 1.61. The van der Waals surface area contributed by atoms with E-state index >= 15 is 0 Å². The number of allylic oxidation sites excluding steroid dienone is 1. The van der Waals surface area contributed by atoms with Crippen LogP contribution in [0.15, 0.2) is 10.6 Å². The number of ketones is 1. The molecule has 2 aliphatic carbocycles. The molecule has 0 amide bonds. The first-order valence-corrected chi connectivity index (χ1v) is 6.60. The molecule has 5 atom stereocenters. The van der Waals surface area contributed by atoms with E-state index in [1.807, 2.05) is 6.92 Å². The van der Waals surface area contributed by atoms with Crippen molar-refractivity contribution in [1.82, 2.24) is 0 Å². The molecule has 3 fully saturated rings. The summed E-state index contributed by atoms with van der Waals surface area (Å²) in [5.74, 6) is -0.515. The summed E-state index contributed by atoms with van der Waals surface area (Å²) in [7, 11) is 0. The van der Waals surface area contributed by atoms with Gasteiger partial charge in [0.1, 0.15) is 11.7 Å². The molecular formula is C12H11BrO4. The van der Waals surface area contributed by atoms with Crippen molar-refractivity contribution in [1.29, 1.82) is 0 Å². The molecule has 2 saturated heterocycles. The number of ether oxygens (including phenoxy) is 2. The van der Waals surface area contributed by atoms with E-state index in [2.05, 4.69) is 15.9 Å². The minimum atomic E-state index is -0.805. The Hall–Kier alpha value is -0.680. The van der Waals surface area contributed by atoms with Crippen molar-refractivity contribution in [3.05, 3.63) is 10.6 Å². The molecule has 0 radical (unpaired) electrons. The molecule has 4 rings (SSSR count). The Bertz CT molecular complexity index is 499. The van der Waals surface area contributed by atoms with Crippen LogP contribution in [0.25, 0.3) is 0 Å². The van der Waals surface area contributed by atoms with E-state index in [1.54, 1.807) is 6.08 Å². The molecule has 17 heavy (non-hydrogen) atoms. The summed E-state index contributed by atoms with van der Waals surface area (Å²) in [4.78, 5) is 24.2. The Morgan fingerprint density at radius 2 is 2.24 bits per heavy atom. The van der Waals surface area contributed by atoms with Gasteiger partial charge in [0.2, 0.25) is 5.78 Å². The maximum Gasteiger partial charge on any atom is 0.310 e. The summed E-state index contributed by atoms with van der Waals surface area (Å²) >= 11 is 3.30. The minimum absolute atomic E-state index is 0.0201. The van der Waals surface area contributed by atoms with Crippen LogP contribution in [0.2, 0.25) is 0 Å². The number of carbonyl (C=O) groups is 2. The van der Waals surface area contributed by atoms with E-state index in [9.17, 15) is 9.59 Å². The van der Waals surface area contributed by atoms with Crippen molar-refractivity contribution in [2.45, 2.75) is 37.1 Å². The highest BCUT2D eigenvalue weighted by Crippen LogP contribution is 2.69. The molecule has 1 saturated carbocycles. The van der Waals surface area contributed by atoms with Gasteiger partial charge in [-0.1, -0.05) is 6.08 Å². The van der Waals surface area contributed by atoms with Gasteiger partial charge in [0.25, 0.3) is 0 Å². The molecule has 4 nitrogen and oxygen atoms in total. The van der Waals surface area contributed by atoms with Crippen LogP contribution in [0.3, 0.4) is 0 Å². The molecule has 0 unspecified atom stereocenters. The van der Waals surface area contributed by atoms with Crippen LogP contribution in [0, 0.1) is 11.8 Å². The first-order valence-electron chi connectivity index (χ1n) is 5.81. The highest BCUT2D eigenvalue weighted by atomic mass is 79.9.